The molecule has 0 fully saturated rings. The van der Waals surface area contributed by atoms with Crippen LogP contribution in [-0.2, 0) is 0 Å². The number of nitrogens with one attached hydrogen (secondary N) is 2. The molecule has 0 aliphatic rings. The average molecular weight is 312 g/mol. The number of unbranched alkanes of at least 4 members (excludes halogenated alkanes) is 2. The summed E-state index contributed by atoms with van der Waals surface area (Å²) in [6, 6.07) is 7.53. The molecule has 5 nitrogen and oxygen atoms in total. The van der Waals surface area contributed by atoms with Crippen molar-refractivity contribution in [3.05, 3.63) is 47.4 Å². The fraction of sp³-hybridized carbons (Fsp3) is 0.389. The maximum Gasteiger partial charge on any atom is 0.274 e. The topological polar surface area (TPSA) is 66.9 Å². The number of anilines is 2. The molecule has 0 aliphatic carbocycles. The minimum absolute atomic E-state index is 0.229. The number of benzene rings is 1. The summed E-state index contributed by atoms with van der Waals surface area (Å²) in [5.74, 6) is 0.452. The molecule has 2 rings (SSSR count). The number of amides is 1. The Balaban J connectivity index is 2.00. The first-order chi connectivity index (χ1) is 11.1. The van der Waals surface area contributed by atoms with E-state index in [2.05, 4.69) is 27.5 Å². The first kappa shape index (κ1) is 16.9. The molecule has 2 N–H and O–H groups in total. The molecule has 0 bridgehead atoms. The standard InChI is InChI=1S/C18H24N4O/c1-4-5-6-9-19-17-11-16(20-12-21-17)18(23)22-15-8-7-13(2)14(3)10-15/h7-8,10-12H,4-6,9H2,1-3H3,(H,22,23)(H,19,20,21). The predicted octanol–water partition coefficient (Wildman–Crippen LogP) is 3.95. The van der Waals surface area contributed by atoms with Gasteiger partial charge < -0.3 is 10.6 Å². The first-order valence-electron chi connectivity index (χ1n) is 8.04. The van der Waals surface area contributed by atoms with E-state index in [1.54, 1.807) is 6.07 Å². The van der Waals surface area contributed by atoms with E-state index in [1.807, 2.05) is 32.0 Å². The number of aromatic nitrogens is 2. The van der Waals surface area contributed by atoms with Crippen LogP contribution in [0.4, 0.5) is 11.5 Å². The number of rotatable bonds is 7. The zero-order valence-corrected chi connectivity index (χ0v) is 14.0. The van der Waals surface area contributed by atoms with Gasteiger partial charge in [0.25, 0.3) is 5.91 Å². The third-order valence-corrected chi connectivity index (χ3v) is 3.75. The zero-order chi connectivity index (χ0) is 16.7. The third kappa shape index (κ3) is 5.06. The molecule has 0 saturated carbocycles. The molecule has 0 radical (unpaired) electrons. The summed E-state index contributed by atoms with van der Waals surface area (Å²) >= 11 is 0. The van der Waals surface area contributed by atoms with Crippen LogP contribution in [0.3, 0.4) is 0 Å². The van der Waals surface area contributed by atoms with Crippen molar-refractivity contribution in [1.82, 2.24) is 9.97 Å². The van der Waals surface area contributed by atoms with Crippen molar-refractivity contribution in [2.24, 2.45) is 0 Å². The smallest absolute Gasteiger partial charge is 0.274 e. The molecule has 0 atom stereocenters. The van der Waals surface area contributed by atoms with Crippen molar-refractivity contribution >= 4 is 17.4 Å². The maximum atomic E-state index is 12.3. The molecular weight excluding hydrogens is 288 g/mol. The van der Waals surface area contributed by atoms with Gasteiger partial charge in [-0.05, 0) is 43.5 Å². The van der Waals surface area contributed by atoms with E-state index in [-0.39, 0.29) is 5.91 Å². The highest BCUT2D eigenvalue weighted by atomic mass is 16.1. The minimum atomic E-state index is -0.229. The lowest BCUT2D eigenvalue weighted by molar-refractivity contribution is 0.102. The van der Waals surface area contributed by atoms with Crippen LogP contribution in [0.1, 0.15) is 47.8 Å². The summed E-state index contributed by atoms with van der Waals surface area (Å²) in [6.45, 7) is 7.08. The Kier molecular flexibility index (Phi) is 6.09. The van der Waals surface area contributed by atoms with E-state index < -0.39 is 0 Å². The van der Waals surface area contributed by atoms with Gasteiger partial charge in [-0.2, -0.15) is 0 Å². The summed E-state index contributed by atoms with van der Waals surface area (Å²) < 4.78 is 0. The molecule has 1 aromatic carbocycles. The fourth-order valence-corrected chi connectivity index (χ4v) is 2.18. The molecule has 2 aromatic rings. The fourth-order valence-electron chi connectivity index (χ4n) is 2.18. The molecule has 0 unspecified atom stereocenters. The van der Waals surface area contributed by atoms with Crippen LogP contribution < -0.4 is 10.6 Å². The first-order valence-corrected chi connectivity index (χ1v) is 8.04. The third-order valence-electron chi connectivity index (χ3n) is 3.75. The van der Waals surface area contributed by atoms with Gasteiger partial charge in [-0.3, -0.25) is 4.79 Å². The van der Waals surface area contributed by atoms with Gasteiger partial charge in [-0.25, -0.2) is 9.97 Å². The van der Waals surface area contributed by atoms with Gasteiger partial charge in [-0.15, -0.1) is 0 Å². The van der Waals surface area contributed by atoms with Crippen LogP contribution in [0.2, 0.25) is 0 Å². The van der Waals surface area contributed by atoms with Crippen LogP contribution in [0.15, 0.2) is 30.6 Å². The van der Waals surface area contributed by atoms with E-state index in [9.17, 15) is 4.79 Å². The molecule has 23 heavy (non-hydrogen) atoms. The normalized spacial score (nSPS) is 10.4. The van der Waals surface area contributed by atoms with Gasteiger partial charge in [-0.1, -0.05) is 25.8 Å². The van der Waals surface area contributed by atoms with Crippen LogP contribution in [0.25, 0.3) is 0 Å². The Morgan fingerprint density at radius 1 is 1.09 bits per heavy atom. The Labute approximate surface area is 137 Å². The van der Waals surface area contributed by atoms with Crippen molar-refractivity contribution in [3.8, 4) is 0 Å². The van der Waals surface area contributed by atoms with Crippen LogP contribution in [-0.4, -0.2) is 22.4 Å². The molecule has 0 saturated heterocycles. The highest BCUT2D eigenvalue weighted by Gasteiger charge is 2.09. The molecule has 1 amide bonds. The summed E-state index contributed by atoms with van der Waals surface area (Å²) in [7, 11) is 0. The predicted molar refractivity (Wildman–Crippen MR) is 93.9 cm³/mol. The van der Waals surface area contributed by atoms with E-state index in [0.29, 0.717) is 11.5 Å². The summed E-state index contributed by atoms with van der Waals surface area (Å²) in [4.78, 5) is 20.5. The monoisotopic (exact) mass is 312 g/mol. The Bertz CT molecular complexity index is 670. The van der Waals surface area contributed by atoms with Crippen LogP contribution in [0.5, 0.6) is 0 Å². The van der Waals surface area contributed by atoms with E-state index in [1.165, 1.54) is 24.7 Å². The number of aryl methyl sites for hydroxylation is 2. The lowest BCUT2D eigenvalue weighted by Crippen LogP contribution is -2.15. The van der Waals surface area contributed by atoms with Crippen molar-refractivity contribution in [1.29, 1.82) is 0 Å². The molecular formula is C18H24N4O. The van der Waals surface area contributed by atoms with Gasteiger partial charge in [0.1, 0.15) is 17.8 Å². The molecule has 5 heteroatoms. The Morgan fingerprint density at radius 2 is 1.91 bits per heavy atom. The zero-order valence-electron chi connectivity index (χ0n) is 14.0. The Morgan fingerprint density at radius 3 is 2.65 bits per heavy atom. The van der Waals surface area contributed by atoms with Gasteiger partial charge in [0.05, 0.1) is 0 Å². The van der Waals surface area contributed by atoms with Gasteiger partial charge in [0.2, 0.25) is 0 Å². The van der Waals surface area contributed by atoms with Crippen LogP contribution >= 0.6 is 0 Å². The summed E-state index contributed by atoms with van der Waals surface area (Å²) in [5.41, 5.74) is 3.47. The summed E-state index contributed by atoms with van der Waals surface area (Å²) in [6.07, 6.45) is 4.86. The second kappa shape index (κ2) is 8.27. The molecule has 0 aliphatic heterocycles. The number of hydrogen-bond acceptors (Lipinski definition) is 4. The van der Waals surface area contributed by atoms with E-state index in [0.717, 1.165) is 24.2 Å². The highest BCUT2D eigenvalue weighted by Crippen LogP contribution is 2.15. The lowest BCUT2D eigenvalue weighted by Gasteiger charge is -2.09. The number of carbonyl (C=O) groups excluding carboxylic acids is 1. The van der Waals surface area contributed by atoms with Crippen molar-refractivity contribution < 1.29 is 4.79 Å². The molecule has 1 heterocycles. The van der Waals surface area contributed by atoms with E-state index in [4.69, 9.17) is 0 Å². The average Bonchev–Trinajstić information content (AvgIpc) is 2.55. The van der Waals surface area contributed by atoms with Crippen LogP contribution in [0, 0.1) is 13.8 Å². The van der Waals surface area contributed by atoms with Gasteiger partial charge in [0.15, 0.2) is 0 Å². The number of nitrogens with zero attached hydrogens (tertiary/aromatic N) is 2. The van der Waals surface area contributed by atoms with Crippen molar-refractivity contribution in [2.75, 3.05) is 17.2 Å². The maximum absolute atomic E-state index is 12.3. The SMILES string of the molecule is CCCCCNc1cc(C(=O)Nc2ccc(C)c(C)c2)ncn1. The van der Waals surface area contributed by atoms with Gasteiger partial charge >= 0.3 is 0 Å². The molecule has 0 spiro atoms. The van der Waals surface area contributed by atoms with Crippen molar-refractivity contribution in [3.63, 3.8) is 0 Å². The molecule has 122 valence electrons. The highest BCUT2D eigenvalue weighted by molar-refractivity contribution is 6.03. The number of hydrogen-bond donors (Lipinski definition) is 2. The minimum Gasteiger partial charge on any atom is -0.370 e. The Hall–Kier alpha value is -2.43. The molecule has 1 aromatic heterocycles. The largest absolute Gasteiger partial charge is 0.370 e. The van der Waals surface area contributed by atoms with Gasteiger partial charge in [0, 0.05) is 18.3 Å². The quantitative estimate of drug-likeness (QED) is 0.760. The second-order valence-electron chi connectivity index (χ2n) is 5.68. The number of carbonyl (C=O) groups is 1. The van der Waals surface area contributed by atoms with E-state index >= 15 is 0 Å². The summed E-state index contributed by atoms with van der Waals surface area (Å²) in [5, 5.41) is 6.10. The van der Waals surface area contributed by atoms with Crippen molar-refractivity contribution in [2.45, 2.75) is 40.0 Å². The lowest BCUT2D eigenvalue weighted by atomic mass is 10.1. The second-order valence-corrected chi connectivity index (χ2v) is 5.68.